The predicted molar refractivity (Wildman–Crippen MR) is 77.1 cm³/mol. The summed E-state index contributed by atoms with van der Waals surface area (Å²) < 4.78 is 10.6. The minimum atomic E-state index is 0.792. The Kier molecular flexibility index (Phi) is 5.48. The molecule has 1 aromatic carbocycles. The highest BCUT2D eigenvalue weighted by Gasteiger charge is 2.19. The molecule has 1 aliphatic carbocycles. The van der Waals surface area contributed by atoms with Crippen LogP contribution in [-0.2, 0) is 6.42 Å². The molecule has 106 valence electrons. The Morgan fingerprint density at radius 1 is 1.11 bits per heavy atom. The highest BCUT2D eigenvalue weighted by Crippen LogP contribution is 2.24. The molecule has 0 saturated heterocycles. The molecule has 1 saturated carbocycles. The van der Waals surface area contributed by atoms with Crippen LogP contribution in [0.2, 0.25) is 0 Å². The van der Waals surface area contributed by atoms with Gasteiger partial charge < -0.3 is 20.1 Å². The van der Waals surface area contributed by atoms with E-state index in [9.17, 15) is 0 Å². The summed E-state index contributed by atoms with van der Waals surface area (Å²) in [6, 6.07) is 6.72. The predicted octanol–water partition coefficient (Wildman–Crippen LogP) is 1.59. The van der Waals surface area contributed by atoms with Crippen LogP contribution in [0.4, 0.5) is 0 Å². The van der Waals surface area contributed by atoms with Gasteiger partial charge in [0.25, 0.3) is 0 Å². The minimum Gasteiger partial charge on any atom is -0.497 e. The molecular formula is C15H24N2O2. The first kappa shape index (κ1) is 14.2. The van der Waals surface area contributed by atoms with Crippen molar-refractivity contribution in [1.82, 2.24) is 10.6 Å². The van der Waals surface area contributed by atoms with E-state index in [2.05, 4.69) is 10.6 Å². The quantitative estimate of drug-likeness (QED) is 0.665. The van der Waals surface area contributed by atoms with Crippen LogP contribution < -0.4 is 20.1 Å². The molecular weight excluding hydrogens is 240 g/mol. The molecule has 0 radical (unpaired) electrons. The summed E-state index contributed by atoms with van der Waals surface area (Å²) in [5, 5.41) is 6.94. The summed E-state index contributed by atoms with van der Waals surface area (Å²) in [4.78, 5) is 0. The number of methoxy groups -OCH3 is 2. The number of ether oxygens (including phenoxy) is 2. The van der Waals surface area contributed by atoms with Crippen molar-refractivity contribution in [3.05, 3.63) is 23.8 Å². The molecule has 1 fully saturated rings. The number of rotatable bonds is 9. The summed E-state index contributed by atoms with van der Waals surface area (Å²) in [6.45, 7) is 3.03. The first-order chi connectivity index (χ1) is 9.33. The van der Waals surface area contributed by atoms with Crippen molar-refractivity contribution in [3.8, 4) is 11.5 Å². The molecule has 19 heavy (non-hydrogen) atoms. The van der Waals surface area contributed by atoms with Crippen LogP contribution in [0.25, 0.3) is 0 Å². The summed E-state index contributed by atoms with van der Waals surface area (Å²) in [5.74, 6) is 1.81. The number of nitrogens with one attached hydrogen (secondary N) is 2. The van der Waals surface area contributed by atoms with Crippen LogP contribution in [0.5, 0.6) is 11.5 Å². The van der Waals surface area contributed by atoms with Gasteiger partial charge in [-0.15, -0.1) is 0 Å². The molecule has 0 bridgehead atoms. The first-order valence-corrected chi connectivity index (χ1v) is 6.98. The smallest absolute Gasteiger partial charge is 0.122 e. The van der Waals surface area contributed by atoms with Gasteiger partial charge in [0.1, 0.15) is 11.5 Å². The monoisotopic (exact) mass is 264 g/mol. The lowest BCUT2D eigenvalue weighted by Gasteiger charge is -2.11. The molecule has 0 unspecified atom stereocenters. The van der Waals surface area contributed by atoms with Crippen LogP contribution in [0.3, 0.4) is 0 Å². The average Bonchev–Trinajstić information content (AvgIpc) is 3.26. The van der Waals surface area contributed by atoms with Gasteiger partial charge in [-0.1, -0.05) is 0 Å². The largest absolute Gasteiger partial charge is 0.497 e. The van der Waals surface area contributed by atoms with E-state index in [0.717, 1.165) is 43.6 Å². The zero-order valence-electron chi connectivity index (χ0n) is 11.9. The molecule has 0 aliphatic heterocycles. The zero-order valence-corrected chi connectivity index (χ0v) is 11.9. The molecule has 0 amide bonds. The Morgan fingerprint density at radius 3 is 2.63 bits per heavy atom. The second-order valence-corrected chi connectivity index (χ2v) is 4.91. The summed E-state index contributed by atoms with van der Waals surface area (Å²) in [6.07, 6.45) is 3.64. The maximum absolute atomic E-state index is 5.37. The van der Waals surface area contributed by atoms with Crippen molar-refractivity contribution in [2.45, 2.75) is 25.3 Å². The average molecular weight is 264 g/mol. The van der Waals surface area contributed by atoms with E-state index in [4.69, 9.17) is 9.47 Å². The van der Waals surface area contributed by atoms with Gasteiger partial charge in [-0.05, 0) is 49.6 Å². The van der Waals surface area contributed by atoms with Crippen molar-refractivity contribution >= 4 is 0 Å². The van der Waals surface area contributed by atoms with Crippen LogP contribution in [-0.4, -0.2) is 39.9 Å². The maximum atomic E-state index is 5.37. The third-order valence-electron chi connectivity index (χ3n) is 3.37. The van der Waals surface area contributed by atoms with Gasteiger partial charge in [0.05, 0.1) is 14.2 Å². The molecule has 4 heteroatoms. The van der Waals surface area contributed by atoms with E-state index in [-0.39, 0.29) is 0 Å². The zero-order chi connectivity index (χ0) is 13.5. The molecule has 0 spiro atoms. The van der Waals surface area contributed by atoms with Crippen LogP contribution in [0, 0.1) is 0 Å². The van der Waals surface area contributed by atoms with Crippen molar-refractivity contribution < 1.29 is 9.47 Å². The van der Waals surface area contributed by atoms with E-state index in [1.807, 2.05) is 18.2 Å². The fourth-order valence-electron chi connectivity index (χ4n) is 2.08. The molecule has 2 rings (SSSR count). The van der Waals surface area contributed by atoms with Gasteiger partial charge in [-0.2, -0.15) is 0 Å². The van der Waals surface area contributed by atoms with Gasteiger partial charge in [0, 0.05) is 19.1 Å². The van der Waals surface area contributed by atoms with Gasteiger partial charge in [-0.25, -0.2) is 0 Å². The molecule has 1 aliphatic rings. The van der Waals surface area contributed by atoms with Crippen molar-refractivity contribution in [2.75, 3.05) is 33.9 Å². The topological polar surface area (TPSA) is 42.5 Å². The second kappa shape index (κ2) is 7.36. The van der Waals surface area contributed by atoms with E-state index >= 15 is 0 Å². The first-order valence-electron chi connectivity index (χ1n) is 6.98. The van der Waals surface area contributed by atoms with Gasteiger partial charge in [-0.3, -0.25) is 0 Å². The Balaban J connectivity index is 1.70. The molecule has 1 aromatic rings. The van der Waals surface area contributed by atoms with E-state index in [0.29, 0.717) is 0 Å². The Morgan fingerprint density at radius 2 is 1.95 bits per heavy atom. The highest BCUT2D eigenvalue weighted by molar-refractivity contribution is 5.40. The van der Waals surface area contributed by atoms with Gasteiger partial charge >= 0.3 is 0 Å². The molecule has 0 aromatic heterocycles. The van der Waals surface area contributed by atoms with Gasteiger partial charge in [0.15, 0.2) is 0 Å². The van der Waals surface area contributed by atoms with Crippen molar-refractivity contribution in [1.29, 1.82) is 0 Å². The lowest BCUT2D eigenvalue weighted by atomic mass is 10.1. The Bertz CT molecular complexity index is 392. The summed E-state index contributed by atoms with van der Waals surface area (Å²) in [7, 11) is 3.39. The van der Waals surface area contributed by atoms with E-state index in [1.54, 1.807) is 14.2 Å². The number of hydrogen-bond donors (Lipinski definition) is 2. The van der Waals surface area contributed by atoms with Crippen molar-refractivity contribution in [2.24, 2.45) is 0 Å². The fourth-order valence-corrected chi connectivity index (χ4v) is 2.08. The SMILES string of the molecule is COc1ccc(OC)c(CCNCCNC2CC2)c1. The third kappa shape index (κ3) is 4.73. The third-order valence-corrected chi connectivity index (χ3v) is 3.37. The lowest BCUT2D eigenvalue weighted by molar-refractivity contribution is 0.398. The normalized spacial score (nSPS) is 14.4. The Labute approximate surface area is 115 Å². The molecule has 0 heterocycles. The van der Waals surface area contributed by atoms with E-state index in [1.165, 1.54) is 18.4 Å². The van der Waals surface area contributed by atoms with Crippen LogP contribution in [0.15, 0.2) is 18.2 Å². The Hall–Kier alpha value is -1.26. The molecule has 4 nitrogen and oxygen atoms in total. The minimum absolute atomic E-state index is 0.792. The number of hydrogen-bond acceptors (Lipinski definition) is 4. The standard InChI is InChI=1S/C15H24N2O2/c1-18-14-5-6-15(19-2)12(11-14)7-8-16-9-10-17-13-3-4-13/h5-6,11,13,16-17H,3-4,7-10H2,1-2H3. The maximum Gasteiger partial charge on any atom is 0.122 e. The van der Waals surface area contributed by atoms with E-state index < -0.39 is 0 Å². The summed E-state index contributed by atoms with van der Waals surface area (Å²) in [5.41, 5.74) is 1.18. The van der Waals surface area contributed by atoms with Gasteiger partial charge in [0.2, 0.25) is 0 Å². The second-order valence-electron chi connectivity index (χ2n) is 4.91. The molecule has 2 N–H and O–H groups in total. The molecule has 0 atom stereocenters. The van der Waals surface area contributed by atoms with Crippen LogP contribution >= 0.6 is 0 Å². The lowest BCUT2D eigenvalue weighted by Crippen LogP contribution is -2.29. The van der Waals surface area contributed by atoms with Crippen molar-refractivity contribution in [3.63, 3.8) is 0 Å². The number of benzene rings is 1. The highest BCUT2D eigenvalue weighted by atomic mass is 16.5. The fraction of sp³-hybridized carbons (Fsp3) is 0.600. The summed E-state index contributed by atoms with van der Waals surface area (Å²) >= 11 is 0. The van der Waals surface area contributed by atoms with Crippen LogP contribution in [0.1, 0.15) is 18.4 Å².